The first-order chi connectivity index (χ1) is 9.88. The molecule has 116 valence electrons. The van der Waals surface area contributed by atoms with Gasteiger partial charge in [-0.1, -0.05) is 19.8 Å². The van der Waals surface area contributed by atoms with E-state index >= 15 is 0 Å². The monoisotopic (exact) mass is 280 g/mol. The summed E-state index contributed by atoms with van der Waals surface area (Å²) in [5.74, 6) is 1.62. The van der Waals surface area contributed by atoms with Crippen molar-refractivity contribution >= 4 is 0 Å². The molecule has 0 aromatic rings. The topological polar surface area (TPSA) is 33.3 Å². The summed E-state index contributed by atoms with van der Waals surface area (Å²) in [6.07, 6.45) is 11.4. The van der Waals surface area contributed by atoms with Crippen molar-refractivity contribution < 1.29 is 4.74 Å². The van der Waals surface area contributed by atoms with Gasteiger partial charge < -0.3 is 15.4 Å². The van der Waals surface area contributed by atoms with E-state index in [0.29, 0.717) is 6.10 Å². The highest BCUT2D eigenvalue weighted by Gasteiger charge is 2.34. The van der Waals surface area contributed by atoms with Gasteiger partial charge in [0.25, 0.3) is 0 Å². The molecule has 0 aromatic heterocycles. The van der Waals surface area contributed by atoms with Crippen molar-refractivity contribution in [1.29, 1.82) is 0 Å². The Labute approximate surface area is 124 Å². The molecule has 0 radical (unpaired) electrons. The Morgan fingerprint density at radius 3 is 2.80 bits per heavy atom. The Morgan fingerprint density at radius 1 is 1.10 bits per heavy atom. The van der Waals surface area contributed by atoms with Crippen LogP contribution in [0.1, 0.15) is 58.3 Å². The van der Waals surface area contributed by atoms with Crippen LogP contribution in [0.2, 0.25) is 0 Å². The highest BCUT2D eigenvalue weighted by molar-refractivity contribution is 4.92. The van der Waals surface area contributed by atoms with E-state index in [2.05, 4.69) is 17.6 Å². The van der Waals surface area contributed by atoms with E-state index in [1.807, 2.05) is 0 Å². The molecule has 2 saturated heterocycles. The molecule has 3 rings (SSSR count). The van der Waals surface area contributed by atoms with Crippen LogP contribution in [0.3, 0.4) is 0 Å². The van der Waals surface area contributed by atoms with Gasteiger partial charge in [-0.15, -0.1) is 0 Å². The molecule has 3 aliphatic rings. The van der Waals surface area contributed by atoms with Crippen LogP contribution in [0.5, 0.6) is 0 Å². The van der Waals surface area contributed by atoms with Gasteiger partial charge >= 0.3 is 0 Å². The highest BCUT2D eigenvalue weighted by atomic mass is 16.5. The quantitative estimate of drug-likeness (QED) is 0.812. The van der Waals surface area contributed by atoms with Gasteiger partial charge in [-0.2, -0.15) is 0 Å². The standard InChI is InChI=1S/C17H32N2O/c1-2-17-13(9-11-20-17)12-19-16-7-4-3-6-14(16)15-8-5-10-18-15/h13-19H,2-12H2,1H3. The lowest BCUT2D eigenvalue weighted by atomic mass is 9.79. The largest absolute Gasteiger partial charge is 0.378 e. The fraction of sp³-hybridized carbons (Fsp3) is 1.00. The maximum absolute atomic E-state index is 5.83. The van der Waals surface area contributed by atoms with E-state index < -0.39 is 0 Å². The van der Waals surface area contributed by atoms with E-state index in [9.17, 15) is 0 Å². The Bertz CT molecular complexity index is 291. The van der Waals surface area contributed by atoms with Crippen LogP contribution >= 0.6 is 0 Å². The summed E-state index contributed by atoms with van der Waals surface area (Å²) in [6, 6.07) is 1.53. The smallest absolute Gasteiger partial charge is 0.0613 e. The van der Waals surface area contributed by atoms with Crippen LogP contribution in [0.25, 0.3) is 0 Å². The summed E-state index contributed by atoms with van der Waals surface area (Å²) in [6.45, 7) is 5.65. The van der Waals surface area contributed by atoms with Crippen LogP contribution in [0.15, 0.2) is 0 Å². The minimum Gasteiger partial charge on any atom is -0.378 e. The fourth-order valence-electron chi connectivity index (χ4n) is 4.65. The molecule has 5 unspecified atom stereocenters. The fourth-order valence-corrected chi connectivity index (χ4v) is 4.65. The second-order valence-corrected chi connectivity index (χ2v) is 7.03. The number of rotatable bonds is 5. The molecule has 3 fully saturated rings. The second kappa shape index (κ2) is 7.24. The molecule has 3 nitrogen and oxygen atoms in total. The van der Waals surface area contributed by atoms with Gasteiger partial charge in [0.15, 0.2) is 0 Å². The van der Waals surface area contributed by atoms with Crippen molar-refractivity contribution in [3.8, 4) is 0 Å². The minimum atomic E-state index is 0.508. The molecule has 0 amide bonds. The molecule has 1 aliphatic carbocycles. The minimum absolute atomic E-state index is 0.508. The van der Waals surface area contributed by atoms with E-state index in [1.54, 1.807) is 0 Å². The summed E-state index contributed by atoms with van der Waals surface area (Å²) in [7, 11) is 0. The molecule has 0 aromatic carbocycles. The van der Waals surface area contributed by atoms with Crippen LogP contribution in [-0.2, 0) is 4.74 Å². The summed E-state index contributed by atoms with van der Waals surface area (Å²) >= 11 is 0. The molecule has 0 bridgehead atoms. The Kier molecular flexibility index (Phi) is 5.36. The van der Waals surface area contributed by atoms with Crippen molar-refractivity contribution in [2.75, 3.05) is 19.7 Å². The third kappa shape index (κ3) is 3.37. The SMILES string of the molecule is CCC1OCCC1CNC1CCCCC1C1CCCN1. The average molecular weight is 280 g/mol. The van der Waals surface area contributed by atoms with Crippen molar-refractivity contribution in [2.24, 2.45) is 11.8 Å². The number of ether oxygens (including phenoxy) is 1. The first-order valence-corrected chi connectivity index (χ1v) is 8.97. The summed E-state index contributed by atoms with van der Waals surface area (Å²) < 4.78 is 5.83. The zero-order chi connectivity index (χ0) is 13.8. The van der Waals surface area contributed by atoms with Crippen LogP contribution in [-0.4, -0.2) is 37.9 Å². The maximum Gasteiger partial charge on any atom is 0.0613 e. The van der Waals surface area contributed by atoms with Crippen LogP contribution in [0, 0.1) is 11.8 Å². The summed E-state index contributed by atoms with van der Waals surface area (Å²) in [5.41, 5.74) is 0. The van der Waals surface area contributed by atoms with Crippen molar-refractivity contribution in [2.45, 2.75) is 76.5 Å². The highest BCUT2D eigenvalue weighted by Crippen LogP contribution is 2.31. The third-order valence-electron chi connectivity index (χ3n) is 5.83. The van der Waals surface area contributed by atoms with Crippen molar-refractivity contribution in [1.82, 2.24) is 10.6 Å². The molecular formula is C17H32N2O. The van der Waals surface area contributed by atoms with Gasteiger partial charge in [-0.25, -0.2) is 0 Å². The molecule has 0 spiro atoms. The van der Waals surface area contributed by atoms with Gasteiger partial charge in [0, 0.05) is 25.2 Å². The van der Waals surface area contributed by atoms with Crippen LogP contribution < -0.4 is 10.6 Å². The molecule has 2 heterocycles. The van der Waals surface area contributed by atoms with Crippen molar-refractivity contribution in [3.63, 3.8) is 0 Å². The van der Waals surface area contributed by atoms with Gasteiger partial charge in [0.05, 0.1) is 6.10 Å². The molecule has 1 saturated carbocycles. The van der Waals surface area contributed by atoms with Gasteiger partial charge in [-0.3, -0.25) is 0 Å². The van der Waals surface area contributed by atoms with Crippen molar-refractivity contribution in [3.05, 3.63) is 0 Å². The lowest BCUT2D eigenvalue weighted by Crippen LogP contribution is -2.48. The predicted molar refractivity (Wildman–Crippen MR) is 82.9 cm³/mol. The second-order valence-electron chi connectivity index (χ2n) is 7.03. The number of hydrogen-bond acceptors (Lipinski definition) is 3. The zero-order valence-electron chi connectivity index (χ0n) is 13.1. The Balaban J connectivity index is 1.51. The lowest BCUT2D eigenvalue weighted by Gasteiger charge is -2.37. The van der Waals surface area contributed by atoms with E-state index in [4.69, 9.17) is 4.74 Å². The normalized spacial score (nSPS) is 42.1. The van der Waals surface area contributed by atoms with Gasteiger partial charge in [-0.05, 0) is 56.9 Å². The molecule has 3 heteroatoms. The van der Waals surface area contributed by atoms with E-state index in [-0.39, 0.29) is 0 Å². The van der Waals surface area contributed by atoms with Gasteiger partial charge in [0.1, 0.15) is 0 Å². The third-order valence-corrected chi connectivity index (χ3v) is 5.83. The average Bonchev–Trinajstić information content (AvgIpc) is 3.16. The number of hydrogen-bond donors (Lipinski definition) is 2. The first-order valence-electron chi connectivity index (χ1n) is 8.97. The molecule has 5 atom stereocenters. The molecule has 2 N–H and O–H groups in total. The van der Waals surface area contributed by atoms with E-state index in [0.717, 1.165) is 30.5 Å². The van der Waals surface area contributed by atoms with Gasteiger partial charge in [0.2, 0.25) is 0 Å². The molecule has 2 aliphatic heterocycles. The zero-order valence-corrected chi connectivity index (χ0v) is 13.1. The summed E-state index contributed by atoms with van der Waals surface area (Å²) in [4.78, 5) is 0. The Morgan fingerprint density at radius 2 is 2.00 bits per heavy atom. The van der Waals surface area contributed by atoms with Crippen LogP contribution in [0.4, 0.5) is 0 Å². The molecular weight excluding hydrogens is 248 g/mol. The summed E-state index contributed by atoms with van der Waals surface area (Å²) in [5, 5.41) is 7.67. The first kappa shape index (κ1) is 14.8. The maximum atomic E-state index is 5.83. The Hall–Kier alpha value is -0.120. The van der Waals surface area contributed by atoms with E-state index in [1.165, 1.54) is 64.5 Å². The number of nitrogens with one attached hydrogen (secondary N) is 2. The lowest BCUT2D eigenvalue weighted by molar-refractivity contribution is 0.0846. The predicted octanol–water partition coefficient (Wildman–Crippen LogP) is 2.70. The molecule has 20 heavy (non-hydrogen) atoms.